The Morgan fingerprint density at radius 1 is 1.38 bits per heavy atom. The summed E-state index contributed by atoms with van der Waals surface area (Å²) in [6.07, 6.45) is 0.877. The lowest BCUT2D eigenvalue weighted by molar-refractivity contribution is -0.144. The van der Waals surface area contributed by atoms with Crippen molar-refractivity contribution in [2.24, 2.45) is 5.92 Å². The molecule has 0 unspecified atom stereocenters. The second kappa shape index (κ2) is 9.90. The molecular weight excluding hydrogens is 354 g/mol. The molecule has 6 nitrogen and oxygen atoms in total. The van der Waals surface area contributed by atoms with Gasteiger partial charge >= 0.3 is 0 Å². The summed E-state index contributed by atoms with van der Waals surface area (Å²) in [6, 6.07) is 7.05. The molecule has 0 bridgehead atoms. The van der Waals surface area contributed by atoms with Crippen molar-refractivity contribution >= 4 is 23.4 Å². The van der Waals surface area contributed by atoms with Gasteiger partial charge in [-0.25, -0.2) is 0 Å². The van der Waals surface area contributed by atoms with E-state index in [0.29, 0.717) is 37.6 Å². The minimum absolute atomic E-state index is 0.0318. The van der Waals surface area contributed by atoms with Crippen LogP contribution in [0.2, 0.25) is 5.02 Å². The number of methoxy groups -OCH3 is 1. The summed E-state index contributed by atoms with van der Waals surface area (Å²) in [5.41, 5.74) is 0.811. The Kier molecular flexibility index (Phi) is 7.87. The molecule has 1 heterocycles. The first kappa shape index (κ1) is 20.7. The number of benzene rings is 1. The minimum Gasteiger partial charge on any atom is -0.383 e. The van der Waals surface area contributed by atoms with Gasteiger partial charge < -0.3 is 19.9 Å². The number of likely N-dealkylation sites (N-methyl/N-ethyl adjacent to an activating group) is 1. The van der Waals surface area contributed by atoms with E-state index >= 15 is 0 Å². The number of carbonyl (C=O) groups is 2. The molecule has 2 atom stereocenters. The van der Waals surface area contributed by atoms with Gasteiger partial charge in [0.2, 0.25) is 11.8 Å². The molecule has 0 aliphatic carbocycles. The van der Waals surface area contributed by atoms with Crippen LogP contribution in [0.15, 0.2) is 24.3 Å². The Labute approximate surface area is 160 Å². The molecule has 26 heavy (non-hydrogen) atoms. The number of hydrogen-bond donors (Lipinski definition) is 1. The van der Waals surface area contributed by atoms with Crippen LogP contribution in [0, 0.1) is 5.92 Å². The number of ether oxygens (including phenoxy) is 1. The van der Waals surface area contributed by atoms with Crippen LogP contribution in [0.5, 0.6) is 0 Å². The molecule has 1 aromatic rings. The third-order valence-electron chi connectivity index (χ3n) is 4.66. The summed E-state index contributed by atoms with van der Waals surface area (Å²) in [6.45, 7) is 2.19. The van der Waals surface area contributed by atoms with Crippen LogP contribution >= 0.6 is 11.6 Å². The van der Waals surface area contributed by atoms with E-state index in [1.54, 1.807) is 18.1 Å². The molecule has 0 radical (unpaired) electrons. The summed E-state index contributed by atoms with van der Waals surface area (Å²) in [4.78, 5) is 29.2. The first-order valence-corrected chi connectivity index (χ1v) is 9.28. The van der Waals surface area contributed by atoms with Gasteiger partial charge in [-0.05, 0) is 32.1 Å². The lowest BCUT2D eigenvalue weighted by Crippen LogP contribution is -2.49. The molecule has 0 spiro atoms. The number of hydrogen-bond acceptors (Lipinski definition) is 4. The van der Waals surface area contributed by atoms with Crippen molar-refractivity contribution in [2.45, 2.75) is 18.9 Å². The quantitative estimate of drug-likeness (QED) is 0.747. The number of rotatable bonds is 8. The minimum atomic E-state index is -0.376. The molecule has 1 fully saturated rings. The van der Waals surface area contributed by atoms with Crippen molar-refractivity contribution in [2.75, 3.05) is 47.4 Å². The molecule has 1 aliphatic heterocycles. The Morgan fingerprint density at radius 3 is 2.77 bits per heavy atom. The third kappa shape index (κ3) is 5.19. The van der Waals surface area contributed by atoms with Gasteiger partial charge in [-0.15, -0.1) is 0 Å². The highest BCUT2D eigenvalue weighted by atomic mass is 35.5. The van der Waals surface area contributed by atoms with Gasteiger partial charge in [-0.2, -0.15) is 0 Å². The SMILES string of the molecule is COCCN1C(=O)CC[C@@H](C(=O)NCCN(C)C)[C@@H]1c1ccccc1Cl. The fraction of sp³-hybridized carbons (Fsp3) is 0.579. The first-order chi connectivity index (χ1) is 12.5. The second-order valence-electron chi connectivity index (χ2n) is 6.79. The van der Waals surface area contributed by atoms with Gasteiger partial charge in [0.15, 0.2) is 0 Å². The Bertz CT molecular complexity index is 624. The molecular formula is C19H28ClN3O3. The standard InChI is InChI=1S/C19H28ClN3O3/c1-22(2)11-10-21-19(25)15-8-9-17(24)23(12-13-26-3)18(15)14-6-4-5-7-16(14)20/h4-7,15,18H,8-13H2,1-3H3,(H,21,25)/t15-,18+/m1/s1. The predicted molar refractivity (Wildman–Crippen MR) is 102 cm³/mol. The monoisotopic (exact) mass is 381 g/mol. The van der Waals surface area contributed by atoms with Crippen LogP contribution in [0.4, 0.5) is 0 Å². The van der Waals surface area contributed by atoms with E-state index in [1.807, 2.05) is 37.2 Å². The van der Waals surface area contributed by atoms with Gasteiger partial charge in [0.1, 0.15) is 0 Å². The van der Waals surface area contributed by atoms with Crippen molar-refractivity contribution in [3.05, 3.63) is 34.9 Å². The van der Waals surface area contributed by atoms with Crippen molar-refractivity contribution in [3.63, 3.8) is 0 Å². The lowest BCUT2D eigenvalue weighted by Gasteiger charge is -2.41. The summed E-state index contributed by atoms with van der Waals surface area (Å²) >= 11 is 6.41. The number of piperidine rings is 1. The fourth-order valence-corrected chi connectivity index (χ4v) is 3.56. The Morgan fingerprint density at radius 2 is 2.12 bits per heavy atom. The molecule has 1 saturated heterocycles. The number of carbonyl (C=O) groups excluding carboxylic acids is 2. The van der Waals surface area contributed by atoms with Crippen molar-refractivity contribution < 1.29 is 14.3 Å². The largest absolute Gasteiger partial charge is 0.383 e. The van der Waals surface area contributed by atoms with E-state index in [2.05, 4.69) is 5.32 Å². The molecule has 1 aliphatic rings. The zero-order valence-corrected chi connectivity index (χ0v) is 16.5. The van der Waals surface area contributed by atoms with Crippen LogP contribution in [0.25, 0.3) is 0 Å². The summed E-state index contributed by atoms with van der Waals surface area (Å²) in [5.74, 6) is -0.331. The summed E-state index contributed by atoms with van der Waals surface area (Å²) in [7, 11) is 5.53. The molecule has 2 amide bonds. The third-order valence-corrected chi connectivity index (χ3v) is 5.01. The molecule has 1 aromatic carbocycles. The van der Waals surface area contributed by atoms with Crippen LogP contribution < -0.4 is 5.32 Å². The van der Waals surface area contributed by atoms with E-state index in [4.69, 9.17) is 16.3 Å². The topological polar surface area (TPSA) is 61.9 Å². The Balaban J connectivity index is 2.27. The molecule has 144 valence electrons. The molecule has 0 aromatic heterocycles. The van der Waals surface area contributed by atoms with Crippen molar-refractivity contribution in [1.29, 1.82) is 0 Å². The zero-order chi connectivity index (χ0) is 19.1. The highest BCUT2D eigenvalue weighted by Gasteiger charge is 2.41. The maximum absolute atomic E-state index is 12.9. The maximum atomic E-state index is 12.9. The van der Waals surface area contributed by atoms with Crippen LogP contribution in [-0.4, -0.2) is 69.1 Å². The predicted octanol–water partition coefficient (Wildman–Crippen LogP) is 1.94. The van der Waals surface area contributed by atoms with Crippen LogP contribution in [0.1, 0.15) is 24.4 Å². The summed E-state index contributed by atoms with van der Waals surface area (Å²) < 4.78 is 5.16. The molecule has 7 heteroatoms. The Hall–Kier alpha value is -1.63. The molecule has 0 saturated carbocycles. The molecule has 1 N–H and O–H groups in total. The van der Waals surface area contributed by atoms with Crippen LogP contribution in [-0.2, 0) is 14.3 Å². The average molecular weight is 382 g/mol. The van der Waals surface area contributed by atoms with Crippen LogP contribution in [0.3, 0.4) is 0 Å². The fourth-order valence-electron chi connectivity index (χ4n) is 3.31. The van der Waals surface area contributed by atoms with Gasteiger partial charge in [0, 0.05) is 38.2 Å². The number of nitrogens with zero attached hydrogens (tertiary/aromatic N) is 2. The van der Waals surface area contributed by atoms with Crippen molar-refractivity contribution in [3.8, 4) is 0 Å². The van der Waals surface area contributed by atoms with Gasteiger partial charge in [0.05, 0.1) is 18.6 Å². The van der Waals surface area contributed by atoms with Gasteiger partial charge in [-0.1, -0.05) is 29.8 Å². The number of halogens is 1. The number of likely N-dealkylation sites (tertiary alicyclic amines) is 1. The van der Waals surface area contributed by atoms with Crippen molar-refractivity contribution in [1.82, 2.24) is 15.1 Å². The van der Waals surface area contributed by atoms with Gasteiger partial charge in [0.25, 0.3) is 0 Å². The highest BCUT2D eigenvalue weighted by molar-refractivity contribution is 6.31. The van der Waals surface area contributed by atoms with E-state index < -0.39 is 0 Å². The first-order valence-electron chi connectivity index (χ1n) is 8.91. The smallest absolute Gasteiger partial charge is 0.225 e. The summed E-state index contributed by atoms with van der Waals surface area (Å²) in [5, 5.41) is 3.57. The maximum Gasteiger partial charge on any atom is 0.225 e. The molecule has 2 rings (SSSR count). The second-order valence-corrected chi connectivity index (χ2v) is 7.19. The van der Waals surface area contributed by atoms with E-state index in [9.17, 15) is 9.59 Å². The average Bonchev–Trinajstić information content (AvgIpc) is 2.60. The highest BCUT2D eigenvalue weighted by Crippen LogP contribution is 2.39. The lowest BCUT2D eigenvalue weighted by atomic mass is 9.83. The number of nitrogens with one attached hydrogen (secondary N) is 1. The van der Waals surface area contributed by atoms with E-state index in [0.717, 1.165) is 12.1 Å². The normalized spacial score (nSPS) is 20.5. The number of amides is 2. The van der Waals surface area contributed by atoms with E-state index in [-0.39, 0.29) is 23.8 Å². The van der Waals surface area contributed by atoms with E-state index in [1.165, 1.54) is 0 Å². The van der Waals surface area contributed by atoms with Gasteiger partial charge in [-0.3, -0.25) is 9.59 Å². The zero-order valence-electron chi connectivity index (χ0n) is 15.7.